The normalized spacial score (nSPS) is 22.8. The molecule has 11 heavy (non-hydrogen) atoms. The van der Waals surface area contributed by atoms with Crippen molar-refractivity contribution in [3.05, 3.63) is 35.4 Å². The van der Waals surface area contributed by atoms with Gasteiger partial charge in [-0.05, 0) is 24.5 Å². The molecule has 0 spiro atoms. The maximum absolute atomic E-state index is 5.50. The zero-order valence-corrected chi connectivity index (χ0v) is 6.71. The van der Waals surface area contributed by atoms with E-state index in [1.54, 1.807) is 0 Å². The summed E-state index contributed by atoms with van der Waals surface area (Å²) in [6.45, 7) is 2.91. The summed E-state index contributed by atoms with van der Waals surface area (Å²) in [5, 5.41) is 0. The van der Waals surface area contributed by atoms with E-state index in [0.29, 0.717) is 6.10 Å². The van der Waals surface area contributed by atoms with Gasteiger partial charge in [0, 0.05) is 0 Å². The van der Waals surface area contributed by atoms with Gasteiger partial charge in [-0.2, -0.15) is 0 Å². The fraction of sp³-hybridized carbons (Fsp3) is 0.400. The Hall–Kier alpha value is -0.820. The number of hydrogen-bond donors (Lipinski definition) is 0. The van der Waals surface area contributed by atoms with Crippen LogP contribution in [0.2, 0.25) is 0 Å². The van der Waals surface area contributed by atoms with Crippen molar-refractivity contribution in [3.63, 3.8) is 0 Å². The first-order chi connectivity index (χ1) is 5.36. The van der Waals surface area contributed by atoms with E-state index < -0.39 is 0 Å². The largest absolute Gasteiger partial charge is 0.373 e. The molecule has 0 aromatic heterocycles. The molecule has 0 saturated carbocycles. The summed E-state index contributed by atoms with van der Waals surface area (Å²) in [6.07, 6.45) is 1.46. The molecule has 1 atom stereocenters. The maximum atomic E-state index is 5.50. The van der Waals surface area contributed by atoms with Gasteiger partial charge in [0.05, 0.1) is 12.7 Å². The Balaban J connectivity index is 2.34. The summed E-state index contributed by atoms with van der Waals surface area (Å²) in [5.74, 6) is 0. The summed E-state index contributed by atoms with van der Waals surface area (Å²) < 4.78 is 5.50. The topological polar surface area (TPSA) is 9.23 Å². The van der Waals surface area contributed by atoms with Crippen LogP contribution in [0.4, 0.5) is 0 Å². The third-order valence-corrected chi connectivity index (χ3v) is 2.15. The number of benzene rings is 1. The molecule has 0 fully saturated rings. The minimum Gasteiger partial charge on any atom is -0.373 e. The second kappa shape index (κ2) is 2.67. The van der Waals surface area contributed by atoms with Crippen molar-refractivity contribution in [1.29, 1.82) is 0 Å². The summed E-state index contributed by atoms with van der Waals surface area (Å²) in [5.41, 5.74) is 2.80. The lowest BCUT2D eigenvalue weighted by Gasteiger charge is -2.21. The average molecular weight is 148 g/mol. The average Bonchev–Trinajstić information content (AvgIpc) is 2.04. The van der Waals surface area contributed by atoms with Crippen LogP contribution in [0.25, 0.3) is 0 Å². The minimum absolute atomic E-state index is 0.393. The second-order valence-corrected chi connectivity index (χ2v) is 3.09. The zero-order valence-electron chi connectivity index (χ0n) is 6.71. The van der Waals surface area contributed by atoms with Gasteiger partial charge in [-0.15, -0.1) is 0 Å². The Bertz CT molecular complexity index is 255. The quantitative estimate of drug-likeness (QED) is 0.547. The highest BCUT2D eigenvalue weighted by molar-refractivity contribution is 5.28. The first-order valence-corrected chi connectivity index (χ1v) is 4.04. The lowest BCUT2D eigenvalue weighted by molar-refractivity contribution is 0.0410. The van der Waals surface area contributed by atoms with E-state index in [0.717, 1.165) is 13.0 Å². The van der Waals surface area contributed by atoms with Gasteiger partial charge in [0.15, 0.2) is 0 Å². The first-order valence-electron chi connectivity index (χ1n) is 4.04. The van der Waals surface area contributed by atoms with Crippen LogP contribution in [0.15, 0.2) is 24.3 Å². The Kier molecular flexibility index (Phi) is 1.66. The SMILES string of the molecule is C[C@H]1Cc2ccccc2CO1. The summed E-state index contributed by atoms with van der Waals surface area (Å²) >= 11 is 0. The van der Waals surface area contributed by atoms with Crippen molar-refractivity contribution in [3.8, 4) is 0 Å². The Morgan fingerprint density at radius 3 is 2.82 bits per heavy atom. The molecular formula is C10H12O. The molecule has 1 aliphatic rings. The minimum atomic E-state index is 0.393. The zero-order chi connectivity index (χ0) is 7.68. The van der Waals surface area contributed by atoms with Crippen molar-refractivity contribution in [2.45, 2.75) is 26.1 Å². The Labute approximate surface area is 67.0 Å². The first kappa shape index (κ1) is 6.86. The van der Waals surface area contributed by atoms with Crippen molar-refractivity contribution in [2.24, 2.45) is 0 Å². The van der Waals surface area contributed by atoms with Crippen LogP contribution in [0.3, 0.4) is 0 Å². The summed E-state index contributed by atoms with van der Waals surface area (Å²) in [7, 11) is 0. The van der Waals surface area contributed by atoms with Crippen LogP contribution in [-0.4, -0.2) is 6.10 Å². The highest BCUT2D eigenvalue weighted by Gasteiger charge is 2.13. The van der Waals surface area contributed by atoms with Crippen molar-refractivity contribution < 1.29 is 4.74 Å². The van der Waals surface area contributed by atoms with Crippen LogP contribution in [0.5, 0.6) is 0 Å². The molecule has 0 aliphatic carbocycles. The van der Waals surface area contributed by atoms with Crippen LogP contribution in [-0.2, 0) is 17.8 Å². The van der Waals surface area contributed by atoms with Crippen LogP contribution in [0.1, 0.15) is 18.1 Å². The van der Waals surface area contributed by atoms with E-state index in [1.807, 2.05) is 0 Å². The molecule has 1 aromatic carbocycles. The van der Waals surface area contributed by atoms with Gasteiger partial charge in [-0.1, -0.05) is 24.3 Å². The summed E-state index contributed by atoms with van der Waals surface area (Å²) in [6, 6.07) is 8.49. The standard InChI is InChI=1S/C10H12O/c1-8-6-9-4-2-3-5-10(9)7-11-8/h2-5,8H,6-7H2,1H3/t8-/m0/s1. The Morgan fingerprint density at radius 2 is 2.00 bits per heavy atom. The molecule has 58 valence electrons. The smallest absolute Gasteiger partial charge is 0.0723 e. The molecular weight excluding hydrogens is 136 g/mol. The molecule has 1 nitrogen and oxygen atoms in total. The van der Waals surface area contributed by atoms with Crippen LogP contribution >= 0.6 is 0 Å². The maximum Gasteiger partial charge on any atom is 0.0723 e. The fourth-order valence-corrected chi connectivity index (χ4v) is 1.50. The van der Waals surface area contributed by atoms with E-state index in [-0.39, 0.29) is 0 Å². The van der Waals surface area contributed by atoms with Gasteiger partial charge in [-0.25, -0.2) is 0 Å². The molecule has 1 heterocycles. The van der Waals surface area contributed by atoms with Crippen LogP contribution < -0.4 is 0 Å². The number of ether oxygens (including phenoxy) is 1. The van der Waals surface area contributed by atoms with Gasteiger partial charge < -0.3 is 4.74 Å². The van der Waals surface area contributed by atoms with Crippen molar-refractivity contribution in [2.75, 3.05) is 0 Å². The number of hydrogen-bond acceptors (Lipinski definition) is 1. The van der Waals surface area contributed by atoms with Gasteiger partial charge in [0.2, 0.25) is 0 Å². The molecule has 0 saturated heterocycles. The molecule has 0 N–H and O–H groups in total. The fourth-order valence-electron chi connectivity index (χ4n) is 1.50. The third-order valence-electron chi connectivity index (χ3n) is 2.15. The van der Waals surface area contributed by atoms with E-state index in [4.69, 9.17) is 4.74 Å². The lowest BCUT2D eigenvalue weighted by atomic mass is 10.0. The number of fused-ring (bicyclic) bond motifs is 1. The summed E-state index contributed by atoms with van der Waals surface area (Å²) in [4.78, 5) is 0. The molecule has 0 amide bonds. The number of rotatable bonds is 0. The third kappa shape index (κ3) is 1.29. The van der Waals surface area contributed by atoms with Gasteiger partial charge >= 0.3 is 0 Å². The van der Waals surface area contributed by atoms with E-state index >= 15 is 0 Å². The van der Waals surface area contributed by atoms with E-state index in [9.17, 15) is 0 Å². The van der Waals surface area contributed by atoms with Crippen molar-refractivity contribution in [1.82, 2.24) is 0 Å². The van der Waals surface area contributed by atoms with Gasteiger partial charge in [-0.3, -0.25) is 0 Å². The van der Waals surface area contributed by atoms with E-state index in [1.165, 1.54) is 11.1 Å². The molecule has 2 rings (SSSR count). The van der Waals surface area contributed by atoms with E-state index in [2.05, 4.69) is 31.2 Å². The highest BCUT2D eigenvalue weighted by Crippen LogP contribution is 2.19. The molecule has 1 heteroatoms. The lowest BCUT2D eigenvalue weighted by Crippen LogP contribution is -2.18. The molecule has 1 aliphatic heterocycles. The van der Waals surface area contributed by atoms with Gasteiger partial charge in [0.25, 0.3) is 0 Å². The molecule has 0 unspecified atom stereocenters. The molecule has 0 radical (unpaired) electrons. The van der Waals surface area contributed by atoms with Gasteiger partial charge in [0.1, 0.15) is 0 Å². The van der Waals surface area contributed by atoms with Crippen molar-refractivity contribution >= 4 is 0 Å². The Morgan fingerprint density at radius 1 is 1.27 bits per heavy atom. The monoisotopic (exact) mass is 148 g/mol. The predicted molar refractivity (Wildman–Crippen MR) is 44.4 cm³/mol. The predicted octanol–water partition coefficient (Wildman–Crippen LogP) is 2.15. The van der Waals surface area contributed by atoms with Crippen LogP contribution in [0, 0.1) is 0 Å². The molecule has 1 aromatic rings. The molecule has 0 bridgehead atoms. The second-order valence-electron chi connectivity index (χ2n) is 3.09. The highest BCUT2D eigenvalue weighted by atomic mass is 16.5.